The normalized spacial score (nSPS) is 18.6. The van der Waals surface area contributed by atoms with E-state index in [-0.39, 0.29) is 6.03 Å². The number of urea groups is 1. The van der Waals surface area contributed by atoms with E-state index >= 15 is 0 Å². The van der Waals surface area contributed by atoms with Crippen LogP contribution in [0.25, 0.3) is 0 Å². The molecule has 20 heavy (non-hydrogen) atoms. The molecule has 1 saturated heterocycles. The molecule has 1 aromatic rings. The fraction of sp³-hybridized carbons (Fsp3) is 0.533. The van der Waals surface area contributed by atoms with Gasteiger partial charge in [0.2, 0.25) is 0 Å². The Kier molecular flexibility index (Phi) is 3.78. The molecule has 5 heteroatoms. The minimum atomic E-state index is 0.0342. The molecule has 108 valence electrons. The van der Waals surface area contributed by atoms with Crippen molar-refractivity contribution < 1.29 is 4.79 Å². The van der Waals surface area contributed by atoms with Crippen molar-refractivity contribution in [2.24, 2.45) is 0 Å². The average molecular weight is 274 g/mol. The van der Waals surface area contributed by atoms with Crippen molar-refractivity contribution in [3.8, 4) is 0 Å². The van der Waals surface area contributed by atoms with Crippen LogP contribution >= 0.6 is 0 Å². The molecule has 2 heterocycles. The lowest BCUT2D eigenvalue weighted by Gasteiger charge is -2.34. The van der Waals surface area contributed by atoms with Gasteiger partial charge in [-0.05, 0) is 17.5 Å². The van der Waals surface area contributed by atoms with Crippen molar-refractivity contribution in [2.45, 2.75) is 13.0 Å². The Morgan fingerprint density at radius 1 is 1.30 bits per heavy atom. The highest BCUT2D eigenvalue weighted by atomic mass is 16.2. The van der Waals surface area contributed by atoms with E-state index in [1.54, 1.807) is 7.05 Å². The van der Waals surface area contributed by atoms with Gasteiger partial charge in [-0.2, -0.15) is 0 Å². The van der Waals surface area contributed by atoms with E-state index in [0.717, 1.165) is 45.7 Å². The van der Waals surface area contributed by atoms with E-state index in [1.807, 2.05) is 4.90 Å². The molecule has 1 fully saturated rings. The molecule has 0 spiro atoms. The van der Waals surface area contributed by atoms with Crippen molar-refractivity contribution in [1.29, 1.82) is 0 Å². The van der Waals surface area contributed by atoms with Gasteiger partial charge in [-0.25, -0.2) is 4.79 Å². The quantitative estimate of drug-likeness (QED) is 0.849. The third-order valence-corrected chi connectivity index (χ3v) is 4.20. The van der Waals surface area contributed by atoms with Crippen molar-refractivity contribution >= 4 is 11.7 Å². The molecular weight excluding hydrogens is 252 g/mol. The summed E-state index contributed by atoms with van der Waals surface area (Å²) in [5.41, 5.74) is 4.15. The predicted octanol–water partition coefficient (Wildman–Crippen LogP) is 1.11. The van der Waals surface area contributed by atoms with Gasteiger partial charge in [0.15, 0.2) is 0 Å². The van der Waals surface area contributed by atoms with Gasteiger partial charge in [-0.15, -0.1) is 0 Å². The molecule has 0 aromatic heterocycles. The van der Waals surface area contributed by atoms with Crippen LogP contribution in [0.5, 0.6) is 0 Å². The lowest BCUT2D eigenvalue weighted by atomic mass is 10.1. The summed E-state index contributed by atoms with van der Waals surface area (Å²) in [4.78, 5) is 15.9. The van der Waals surface area contributed by atoms with Crippen molar-refractivity contribution in [2.75, 3.05) is 45.1 Å². The number of nitrogens with one attached hydrogen (secondary N) is 2. The van der Waals surface area contributed by atoms with E-state index in [2.05, 4.69) is 33.7 Å². The summed E-state index contributed by atoms with van der Waals surface area (Å²) in [6.07, 6.45) is 1.13. The van der Waals surface area contributed by atoms with Gasteiger partial charge in [-0.3, -0.25) is 4.90 Å². The van der Waals surface area contributed by atoms with Gasteiger partial charge < -0.3 is 15.5 Å². The van der Waals surface area contributed by atoms with Gasteiger partial charge in [0, 0.05) is 52.0 Å². The zero-order valence-electron chi connectivity index (χ0n) is 12.0. The number of benzene rings is 1. The lowest BCUT2D eigenvalue weighted by molar-refractivity contribution is 0.136. The first kappa shape index (κ1) is 13.2. The molecule has 0 atom stereocenters. The molecule has 1 aromatic carbocycles. The molecule has 0 radical (unpaired) electrons. The fourth-order valence-electron chi connectivity index (χ4n) is 3.05. The molecule has 2 aliphatic heterocycles. The monoisotopic (exact) mass is 274 g/mol. The van der Waals surface area contributed by atoms with Crippen molar-refractivity contribution in [3.05, 3.63) is 29.3 Å². The van der Waals surface area contributed by atoms with Crippen LogP contribution in [0.1, 0.15) is 11.1 Å². The zero-order valence-corrected chi connectivity index (χ0v) is 12.0. The van der Waals surface area contributed by atoms with Gasteiger partial charge in [0.1, 0.15) is 0 Å². The molecule has 0 unspecified atom stereocenters. The smallest absolute Gasteiger partial charge is 0.317 e. The minimum Gasteiger partial charge on any atom is -0.384 e. The lowest BCUT2D eigenvalue weighted by Crippen LogP contribution is -2.50. The number of carbonyl (C=O) groups is 1. The molecule has 2 N–H and O–H groups in total. The number of amides is 2. The van der Waals surface area contributed by atoms with Crippen LogP contribution in [-0.4, -0.2) is 55.6 Å². The summed E-state index contributed by atoms with van der Waals surface area (Å²) in [5.74, 6) is 0. The number of anilines is 1. The zero-order chi connectivity index (χ0) is 13.9. The number of hydrogen-bond acceptors (Lipinski definition) is 3. The van der Waals surface area contributed by atoms with Crippen LogP contribution in [-0.2, 0) is 13.0 Å². The Balaban J connectivity index is 1.60. The summed E-state index contributed by atoms with van der Waals surface area (Å²) < 4.78 is 0. The third kappa shape index (κ3) is 2.58. The first-order chi connectivity index (χ1) is 9.78. The minimum absolute atomic E-state index is 0.0342. The van der Waals surface area contributed by atoms with Crippen LogP contribution in [0, 0.1) is 0 Å². The van der Waals surface area contributed by atoms with Gasteiger partial charge in [-0.1, -0.05) is 18.2 Å². The highest BCUT2D eigenvalue weighted by Gasteiger charge is 2.22. The van der Waals surface area contributed by atoms with E-state index in [0.29, 0.717) is 0 Å². The molecule has 3 rings (SSSR count). The topological polar surface area (TPSA) is 47.6 Å². The summed E-state index contributed by atoms with van der Waals surface area (Å²) in [5, 5.41) is 6.18. The number of fused-ring (bicyclic) bond motifs is 1. The van der Waals surface area contributed by atoms with Gasteiger partial charge in [0.25, 0.3) is 0 Å². The summed E-state index contributed by atoms with van der Waals surface area (Å²) >= 11 is 0. The molecule has 5 nitrogen and oxygen atoms in total. The van der Waals surface area contributed by atoms with Crippen LogP contribution in [0.15, 0.2) is 18.2 Å². The largest absolute Gasteiger partial charge is 0.384 e. The highest BCUT2D eigenvalue weighted by Crippen LogP contribution is 2.27. The molecule has 2 amide bonds. The maximum Gasteiger partial charge on any atom is 0.317 e. The number of piperazine rings is 1. The van der Waals surface area contributed by atoms with Gasteiger partial charge in [0.05, 0.1) is 0 Å². The second-order valence-corrected chi connectivity index (χ2v) is 5.45. The van der Waals surface area contributed by atoms with Crippen LogP contribution < -0.4 is 10.6 Å². The predicted molar refractivity (Wildman–Crippen MR) is 79.9 cm³/mol. The summed E-state index contributed by atoms with van der Waals surface area (Å²) in [6.45, 7) is 5.52. The Hall–Kier alpha value is -1.75. The van der Waals surface area contributed by atoms with E-state index in [9.17, 15) is 4.79 Å². The van der Waals surface area contributed by atoms with E-state index in [4.69, 9.17) is 0 Å². The second kappa shape index (κ2) is 5.71. The van der Waals surface area contributed by atoms with Gasteiger partial charge >= 0.3 is 6.03 Å². The second-order valence-electron chi connectivity index (χ2n) is 5.45. The molecule has 2 aliphatic rings. The Labute approximate surface area is 119 Å². The first-order valence-electron chi connectivity index (χ1n) is 7.31. The number of hydrogen-bond donors (Lipinski definition) is 2. The third-order valence-electron chi connectivity index (χ3n) is 4.20. The standard InChI is InChI=1S/C15H22N4O/c1-16-15(20)19-9-7-18(8-10-19)11-13-4-2-3-12-5-6-17-14(12)13/h2-4,17H,5-11H2,1H3,(H,16,20). The first-order valence-corrected chi connectivity index (χ1v) is 7.31. The van der Waals surface area contributed by atoms with Crippen molar-refractivity contribution in [1.82, 2.24) is 15.1 Å². The number of rotatable bonds is 2. The fourth-order valence-corrected chi connectivity index (χ4v) is 3.05. The Morgan fingerprint density at radius 3 is 2.85 bits per heavy atom. The molecule has 0 saturated carbocycles. The Bertz CT molecular complexity index is 495. The van der Waals surface area contributed by atoms with E-state index in [1.165, 1.54) is 16.8 Å². The average Bonchev–Trinajstić information content (AvgIpc) is 2.97. The number of carbonyl (C=O) groups excluding carboxylic acids is 1. The summed E-state index contributed by atoms with van der Waals surface area (Å²) in [7, 11) is 1.69. The van der Waals surface area contributed by atoms with Crippen molar-refractivity contribution in [3.63, 3.8) is 0 Å². The molecule has 0 bridgehead atoms. The maximum absolute atomic E-state index is 11.6. The number of para-hydroxylation sites is 1. The van der Waals surface area contributed by atoms with Crippen LogP contribution in [0.2, 0.25) is 0 Å². The van der Waals surface area contributed by atoms with Crippen LogP contribution in [0.3, 0.4) is 0 Å². The highest BCUT2D eigenvalue weighted by molar-refractivity contribution is 5.73. The summed E-state index contributed by atoms with van der Waals surface area (Å²) in [6, 6.07) is 6.61. The molecule has 0 aliphatic carbocycles. The van der Waals surface area contributed by atoms with Crippen LogP contribution in [0.4, 0.5) is 10.5 Å². The SMILES string of the molecule is CNC(=O)N1CCN(Cc2cccc3c2NCC3)CC1. The Morgan fingerprint density at radius 2 is 2.10 bits per heavy atom. The number of nitrogens with zero attached hydrogens (tertiary/aromatic N) is 2. The van der Waals surface area contributed by atoms with E-state index < -0.39 is 0 Å². The maximum atomic E-state index is 11.6. The molecular formula is C15H22N4O.